The number of nitrogens with one attached hydrogen (secondary N) is 1. The molecule has 7 nitrogen and oxygen atoms in total. The van der Waals surface area contributed by atoms with Crippen LogP contribution in [0.15, 0.2) is 60.2 Å². The quantitative estimate of drug-likeness (QED) is 0.203. The fraction of sp³-hybridized carbons (Fsp3) is 0.0800. The molecule has 0 aromatic heterocycles. The highest BCUT2D eigenvalue weighted by Crippen LogP contribution is 2.36. The SMILES string of the molecule is COc1cc(/C=C2\C(=O)NC(=O)N(c3ccc(Cl)c(Cl)c3)C2=O)cc(I)c1OCc1ccccc1F. The highest BCUT2D eigenvalue weighted by molar-refractivity contribution is 14.1. The molecule has 184 valence electrons. The Labute approximate surface area is 228 Å². The third-order valence-electron chi connectivity index (χ3n) is 5.16. The van der Waals surface area contributed by atoms with Gasteiger partial charge in [0.15, 0.2) is 11.5 Å². The first-order valence-electron chi connectivity index (χ1n) is 10.3. The first-order chi connectivity index (χ1) is 17.2. The molecule has 1 saturated heterocycles. The second-order valence-electron chi connectivity index (χ2n) is 7.47. The minimum Gasteiger partial charge on any atom is -0.493 e. The summed E-state index contributed by atoms with van der Waals surface area (Å²) in [6.07, 6.45) is 1.33. The Hall–Kier alpha value is -3.15. The van der Waals surface area contributed by atoms with Gasteiger partial charge in [-0.3, -0.25) is 14.9 Å². The van der Waals surface area contributed by atoms with Crippen LogP contribution in [0.25, 0.3) is 6.08 Å². The highest BCUT2D eigenvalue weighted by Gasteiger charge is 2.37. The van der Waals surface area contributed by atoms with Gasteiger partial charge in [-0.2, -0.15) is 0 Å². The van der Waals surface area contributed by atoms with E-state index < -0.39 is 23.7 Å². The fourth-order valence-electron chi connectivity index (χ4n) is 3.41. The lowest BCUT2D eigenvalue weighted by atomic mass is 10.1. The molecule has 0 atom stereocenters. The molecule has 0 unspecified atom stereocenters. The monoisotopic (exact) mass is 640 g/mol. The van der Waals surface area contributed by atoms with Crippen LogP contribution in [0.3, 0.4) is 0 Å². The number of carbonyl (C=O) groups excluding carboxylic acids is 3. The number of ether oxygens (including phenoxy) is 2. The first kappa shape index (κ1) is 25.9. The van der Waals surface area contributed by atoms with Crippen LogP contribution in [-0.4, -0.2) is 25.0 Å². The summed E-state index contributed by atoms with van der Waals surface area (Å²) in [4.78, 5) is 38.9. The molecular formula is C25H16Cl2FIN2O5. The number of hydrogen-bond acceptors (Lipinski definition) is 5. The molecule has 1 fully saturated rings. The molecule has 0 aliphatic carbocycles. The summed E-state index contributed by atoms with van der Waals surface area (Å²) in [5, 5.41) is 2.54. The van der Waals surface area contributed by atoms with E-state index >= 15 is 0 Å². The van der Waals surface area contributed by atoms with Gasteiger partial charge < -0.3 is 9.47 Å². The van der Waals surface area contributed by atoms with E-state index in [1.165, 1.54) is 37.5 Å². The summed E-state index contributed by atoms with van der Waals surface area (Å²) in [5.74, 6) is -1.40. The maximum Gasteiger partial charge on any atom is 0.335 e. The van der Waals surface area contributed by atoms with Gasteiger partial charge in [-0.15, -0.1) is 0 Å². The predicted octanol–water partition coefficient (Wildman–Crippen LogP) is 5.99. The Kier molecular flexibility index (Phi) is 7.82. The first-order valence-corrected chi connectivity index (χ1v) is 12.1. The van der Waals surface area contributed by atoms with Crippen LogP contribution in [0.1, 0.15) is 11.1 Å². The number of rotatable bonds is 6. The van der Waals surface area contributed by atoms with E-state index in [1.54, 1.807) is 30.3 Å². The predicted molar refractivity (Wildman–Crippen MR) is 142 cm³/mol. The van der Waals surface area contributed by atoms with Crippen LogP contribution >= 0.6 is 45.8 Å². The van der Waals surface area contributed by atoms with Gasteiger partial charge in [0.25, 0.3) is 11.8 Å². The summed E-state index contributed by atoms with van der Waals surface area (Å²) < 4.78 is 25.8. The number of hydrogen-bond donors (Lipinski definition) is 1. The molecule has 4 amide bonds. The topological polar surface area (TPSA) is 84.9 Å². The van der Waals surface area contributed by atoms with E-state index in [0.29, 0.717) is 26.2 Å². The Balaban J connectivity index is 1.66. The van der Waals surface area contributed by atoms with Crippen LogP contribution < -0.4 is 19.7 Å². The fourth-order valence-corrected chi connectivity index (χ4v) is 4.48. The van der Waals surface area contributed by atoms with Crippen LogP contribution in [-0.2, 0) is 16.2 Å². The Morgan fingerprint density at radius 3 is 2.50 bits per heavy atom. The maximum atomic E-state index is 14.0. The number of anilines is 1. The molecular weight excluding hydrogens is 625 g/mol. The molecule has 0 saturated carbocycles. The summed E-state index contributed by atoms with van der Waals surface area (Å²) in [6.45, 7) is -0.0267. The van der Waals surface area contributed by atoms with Gasteiger partial charge in [-0.25, -0.2) is 14.1 Å². The number of imide groups is 2. The number of carbonyl (C=O) groups is 3. The van der Waals surface area contributed by atoms with E-state index in [0.717, 1.165) is 4.90 Å². The number of amides is 4. The van der Waals surface area contributed by atoms with Crippen molar-refractivity contribution in [2.24, 2.45) is 0 Å². The van der Waals surface area contributed by atoms with E-state index in [1.807, 2.05) is 22.6 Å². The van der Waals surface area contributed by atoms with E-state index in [9.17, 15) is 18.8 Å². The van der Waals surface area contributed by atoms with Gasteiger partial charge in [0.1, 0.15) is 18.0 Å². The van der Waals surface area contributed by atoms with Gasteiger partial charge in [-0.05, 0) is 70.6 Å². The van der Waals surface area contributed by atoms with Crippen LogP contribution in [0, 0.1) is 9.39 Å². The van der Waals surface area contributed by atoms with Crippen LogP contribution in [0.4, 0.5) is 14.9 Å². The summed E-state index contributed by atoms with van der Waals surface area (Å²) >= 11 is 14.0. The van der Waals surface area contributed by atoms with E-state index in [4.69, 9.17) is 32.7 Å². The number of barbiturate groups is 1. The van der Waals surface area contributed by atoms with E-state index in [2.05, 4.69) is 5.32 Å². The number of halogens is 4. The normalized spacial score (nSPS) is 14.8. The largest absolute Gasteiger partial charge is 0.493 e. The summed E-state index contributed by atoms with van der Waals surface area (Å²) in [5.41, 5.74) is 0.683. The Bertz CT molecular complexity index is 1430. The molecule has 1 aliphatic rings. The highest BCUT2D eigenvalue weighted by atomic mass is 127. The lowest BCUT2D eigenvalue weighted by Gasteiger charge is -2.26. The van der Waals surface area contributed by atoms with Crippen molar-refractivity contribution in [2.75, 3.05) is 12.0 Å². The van der Waals surface area contributed by atoms with Gasteiger partial charge in [0.05, 0.1) is 26.4 Å². The lowest BCUT2D eigenvalue weighted by molar-refractivity contribution is -0.122. The standard InChI is InChI=1S/C25H16Cl2FIN2O5/c1-35-21-10-13(9-20(29)22(21)36-12-14-4-2-3-5-19(14)28)8-16-23(32)30-25(34)31(24(16)33)15-6-7-17(26)18(27)11-15/h2-11H,12H2,1H3,(H,30,32,34)/b16-8+. The third-order valence-corrected chi connectivity index (χ3v) is 6.70. The van der Waals surface area contributed by atoms with Crippen molar-refractivity contribution in [1.29, 1.82) is 0 Å². The molecule has 11 heteroatoms. The van der Waals surface area contributed by atoms with Crippen molar-refractivity contribution < 1.29 is 28.2 Å². The van der Waals surface area contributed by atoms with Crippen LogP contribution in [0.5, 0.6) is 11.5 Å². The molecule has 36 heavy (non-hydrogen) atoms. The molecule has 0 radical (unpaired) electrons. The molecule has 1 heterocycles. The smallest absolute Gasteiger partial charge is 0.335 e. The molecule has 0 bridgehead atoms. The van der Waals surface area contributed by atoms with Crippen molar-refractivity contribution in [2.45, 2.75) is 6.61 Å². The second-order valence-corrected chi connectivity index (χ2v) is 9.45. The molecule has 3 aromatic rings. The number of methoxy groups -OCH3 is 1. The third kappa shape index (κ3) is 5.32. The molecule has 1 aliphatic heterocycles. The number of nitrogens with zero attached hydrogens (tertiary/aromatic N) is 1. The number of urea groups is 1. The molecule has 1 N–H and O–H groups in total. The zero-order valence-electron chi connectivity index (χ0n) is 18.5. The minimum absolute atomic E-state index is 0.0267. The average molecular weight is 641 g/mol. The Morgan fingerprint density at radius 1 is 1.06 bits per heavy atom. The molecule has 0 spiro atoms. The number of benzene rings is 3. The van der Waals surface area contributed by atoms with Gasteiger partial charge >= 0.3 is 6.03 Å². The summed E-state index contributed by atoms with van der Waals surface area (Å²) in [6, 6.07) is 12.8. The molecule has 4 rings (SSSR count). The van der Waals surface area contributed by atoms with Crippen LogP contribution in [0.2, 0.25) is 10.0 Å². The second kappa shape index (κ2) is 10.9. The lowest BCUT2D eigenvalue weighted by Crippen LogP contribution is -2.54. The van der Waals surface area contributed by atoms with Gasteiger partial charge in [0.2, 0.25) is 0 Å². The van der Waals surface area contributed by atoms with E-state index in [-0.39, 0.29) is 27.9 Å². The minimum atomic E-state index is -0.912. The van der Waals surface area contributed by atoms with Crippen molar-refractivity contribution in [1.82, 2.24) is 5.32 Å². The average Bonchev–Trinajstić information content (AvgIpc) is 2.83. The maximum absolute atomic E-state index is 14.0. The van der Waals surface area contributed by atoms with Crippen molar-refractivity contribution in [3.63, 3.8) is 0 Å². The zero-order valence-corrected chi connectivity index (χ0v) is 22.2. The summed E-state index contributed by atoms with van der Waals surface area (Å²) in [7, 11) is 1.43. The van der Waals surface area contributed by atoms with Crippen molar-refractivity contribution >= 4 is 75.4 Å². The molecule has 3 aromatic carbocycles. The van der Waals surface area contributed by atoms with Gasteiger partial charge in [-0.1, -0.05) is 41.4 Å². The zero-order chi connectivity index (χ0) is 26.0. The van der Waals surface area contributed by atoms with Crippen molar-refractivity contribution in [3.8, 4) is 11.5 Å². The van der Waals surface area contributed by atoms with Gasteiger partial charge in [0, 0.05) is 5.56 Å². The van der Waals surface area contributed by atoms with Crippen molar-refractivity contribution in [3.05, 3.63) is 90.7 Å². The Morgan fingerprint density at radius 2 is 1.81 bits per heavy atom.